The van der Waals surface area contributed by atoms with Gasteiger partial charge in [-0.05, 0) is 113 Å². The predicted octanol–water partition coefficient (Wildman–Crippen LogP) is 16.3. The molecule has 0 spiro atoms. The molecule has 0 saturated carbocycles. The van der Waals surface area contributed by atoms with Crippen LogP contribution in [0.15, 0.2) is 241 Å². The van der Waals surface area contributed by atoms with E-state index in [-0.39, 0.29) is 0 Å². The molecule has 14 rings (SSSR count). The first kappa shape index (κ1) is 38.8. The summed E-state index contributed by atoms with van der Waals surface area (Å²) >= 11 is 0. The lowest BCUT2D eigenvalue weighted by atomic mass is 10.00. The van der Waals surface area contributed by atoms with Crippen LogP contribution in [0.2, 0.25) is 0 Å². The van der Waals surface area contributed by atoms with E-state index in [9.17, 15) is 0 Å². The van der Waals surface area contributed by atoms with Crippen molar-refractivity contribution < 1.29 is 4.42 Å². The number of benzene rings is 10. The first-order valence-corrected chi connectivity index (χ1v) is 23.3. The number of hydrogen-bond donors (Lipinski definition) is 0. The zero-order valence-corrected chi connectivity index (χ0v) is 37.2. The molecule has 0 aliphatic rings. The third-order valence-electron chi connectivity index (χ3n) is 13.6. The normalized spacial score (nSPS) is 11.8. The Bertz CT molecular complexity index is 4230. The van der Waals surface area contributed by atoms with Crippen LogP contribution in [-0.2, 0) is 0 Å². The second kappa shape index (κ2) is 15.6. The van der Waals surface area contributed by atoms with Crippen molar-refractivity contribution in [1.29, 1.82) is 0 Å². The van der Waals surface area contributed by atoms with Crippen molar-refractivity contribution in [3.8, 4) is 67.8 Å². The van der Waals surface area contributed by atoms with Gasteiger partial charge in [0.25, 0.3) is 0 Å². The Morgan fingerprint density at radius 3 is 1.25 bits per heavy atom. The van der Waals surface area contributed by atoms with Gasteiger partial charge in [-0.1, -0.05) is 146 Å². The summed E-state index contributed by atoms with van der Waals surface area (Å²) in [6.07, 6.45) is 0. The van der Waals surface area contributed by atoms with Crippen LogP contribution >= 0.6 is 0 Å². The van der Waals surface area contributed by atoms with Gasteiger partial charge < -0.3 is 13.6 Å². The molecule has 0 fully saturated rings. The molecule has 0 saturated heterocycles. The summed E-state index contributed by atoms with van der Waals surface area (Å²) in [4.78, 5) is 15.0. The third kappa shape index (κ3) is 6.45. The summed E-state index contributed by atoms with van der Waals surface area (Å²) in [6.45, 7) is 0. The molecule has 0 amide bonds. The molecule has 0 N–H and O–H groups in total. The first-order valence-electron chi connectivity index (χ1n) is 23.3. The summed E-state index contributed by atoms with van der Waals surface area (Å²) in [5.74, 6) is 1.86. The lowest BCUT2D eigenvalue weighted by Gasteiger charge is -2.10. The summed E-state index contributed by atoms with van der Waals surface area (Å²) in [6, 6.07) is 83.6. The molecule has 14 aromatic rings. The molecule has 0 aliphatic heterocycles. The Labute approximate surface area is 396 Å². The van der Waals surface area contributed by atoms with Crippen LogP contribution < -0.4 is 0 Å². The second-order valence-electron chi connectivity index (χ2n) is 17.6. The maximum Gasteiger partial charge on any atom is 0.164 e. The minimum Gasteiger partial charge on any atom is -0.456 e. The highest BCUT2D eigenvalue weighted by molar-refractivity contribution is 6.14. The van der Waals surface area contributed by atoms with Crippen LogP contribution in [0.4, 0.5) is 0 Å². The van der Waals surface area contributed by atoms with Crippen molar-refractivity contribution in [3.63, 3.8) is 0 Å². The molecule has 0 atom stereocenters. The van der Waals surface area contributed by atoms with Crippen molar-refractivity contribution in [2.45, 2.75) is 0 Å². The van der Waals surface area contributed by atoms with Gasteiger partial charge in [-0.3, -0.25) is 0 Å². The SMILES string of the molecule is c1ccc(-c2ccc3c(c2)c2ccccc2n3-c2ccc3c(c2)c2cc(-c4ccc5oc6ccc(-c7nc(-c8ccccc8)nc(-c8ccccc8)n7)cc6c5c4)ccc2n3-c2ccccc2)cc1. The van der Waals surface area contributed by atoms with Crippen molar-refractivity contribution in [2.24, 2.45) is 0 Å². The van der Waals surface area contributed by atoms with E-state index in [1.54, 1.807) is 0 Å². The van der Waals surface area contributed by atoms with Gasteiger partial charge >= 0.3 is 0 Å². The Hall–Kier alpha value is -9.39. The van der Waals surface area contributed by atoms with Crippen LogP contribution in [0.1, 0.15) is 0 Å². The van der Waals surface area contributed by atoms with E-state index in [0.29, 0.717) is 17.5 Å². The number of aromatic nitrogens is 5. The maximum atomic E-state index is 6.48. The standard InChI is InChI=1S/C63H39N5O/c1-5-15-40(16-6-1)43-25-30-56-50(35-43)49-23-13-14-24-55(49)68(56)48-29-32-58-52(39-48)51-36-44(26-31-57(51)67(58)47-21-11-4-12-22-47)45-27-33-59-53(37-45)54-38-46(28-34-60(54)69-59)63-65-61(41-17-7-2-8-18-41)64-62(66-63)42-19-9-3-10-20-42/h1-39H. The Kier molecular flexibility index (Phi) is 8.79. The van der Waals surface area contributed by atoms with Gasteiger partial charge in [-0.25, -0.2) is 15.0 Å². The van der Waals surface area contributed by atoms with Crippen LogP contribution in [0, 0.1) is 0 Å². The highest BCUT2D eigenvalue weighted by Gasteiger charge is 2.20. The van der Waals surface area contributed by atoms with Gasteiger partial charge in [0.2, 0.25) is 0 Å². The van der Waals surface area contributed by atoms with Crippen molar-refractivity contribution in [1.82, 2.24) is 24.1 Å². The number of nitrogens with zero attached hydrogens (tertiary/aromatic N) is 5. The number of rotatable bonds is 7. The molecule has 4 heterocycles. The highest BCUT2D eigenvalue weighted by atomic mass is 16.3. The highest BCUT2D eigenvalue weighted by Crippen LogP contribution is 2.41. The summed E-state index contributed by atoms with van der Waals surface area (Å²) in [5.41, 5.74) is 15.9. The zero-order chi connectivity index (χ0) is 45.4. The van der Waals surface area contributed by atoms with E-state index >= 15 is 0 Å². The molecule has 0 radical (unpaired) electrons. The fraction of sp³-hybridized carbons (Fsp3) is 0. The van der Waals surface area contributed by atoms with E-state index in [1.165, 1.54) is 43.7 Å². The molecule has 0 unspecified atom stereocenters. The molecule has 69 heavy (non-hydrogen) atoms. The minimum atomic E-state index is 0.604. The fourth-order valence-corrected chi connectivity index (χ4v) is 10.3. The largest absolute Gasteiger partial charge is 0.456 e. The van der Waals surface area contributed by atoms with Gasteiger partial charge in [0.1, 0.15) is 11.2 Å². The Balaban J connectivity index is 0.920. The summed E-state index contributed by atoms with van der Waals surface area (Å²) in [7, 11) is 0. The maximum absolute atomic E-state index is 6.48. The van der Waals surface area contributed by atoms with E-state index in [1.807, 2.05) is 72.8 Å². The van der Waals surface area contributed by atoms with Crippen molar-refractivity contribution in [2.75, 3.05) is 0 Å². The van der Waals surface area contributed by atoms with Gasteiger partial charge in [0.05, 0.1) is 22.1 Å². The fourth-order valence-electron chi connectivity index (χ4n) is 10.3. The summed E-state index contributed by atoms with van der Waals surface area (Å²) < 4.78 is 11.3. The Morgan fingerprint density at radius 2 is 0.638 bits per heavy atom. The monoisotopic (exact) mass is 881 g/mol. The van der Waals surface area contributed by atoms with Crippen molar-refractivity contribution in [3.05, 3.63) is 237 Å². The quantitative estimate of drug-likeness (QED) is 0.160. The van der Waals surface area contributed by atoms with Gasteiger partial charge in [-0.15, -0.1) is 0 Å². The Morgan fingerprint density at radius 1 is 0.246 bits per heavy atom. The topological polar surface area (TPSA) is 61.7 Å². The minimum absolute atomic E-state index is 0.604. The van der Waals surface area contributed by atoms with Crippen LogP contribution in [0.25, 0.3) is 133 Å². The molecule has 10 aromatic carbocycles. The molecule has 6 heteroatoms. The van der Waals surface area contributed by atoms with E-state index in [0.717, 1.165) is 72.2 Å². The molecule has 0 aliphatic carbocycles. The second-order valence-corrected chi connectivity index (χ2v) is 17.6. The predicted molar refractivity (Wildman–Crippen MR) is 283 cm³/mol. The molecule has 322 valence electrons. The first-order chi connectivity index (χ1) is 34.2. The van der Waals surface area contributed by atoms with E-state index in [4.69, 9.17) is 19.4 Å². The smallest absolute Gasteiger partial charge is 0.164 e. The van der Waals surface area contributed by atoms with Gasteiger partial charge in [0, 0.05) is 60.4 Å². The van der Waals surface area contributed by atoms with E-state index in [2.05, 4.69) is 173 Å². The van der Waals surface area contributed by atoms with E-state index < -0.39 is 0 Å². The van der Waals surface area contributed by atoms with Gasteiger partial charge in [0.15, 0.2) is 17.5 Å². The van der Waals surface area contributed by atoms with Crippen LogP contribution in [0.5, 0.6) is 0 Å². The number of hydrogen-bond acceptors (Lipinski definition) is 4. The number of fused-ring (bicyclic) bond motifs is 9. The molecule has 0 bridgehead atoms. The lowest BCUT2D eigenvalue weighted by molar-refractivity contribution is 0.669. The van der Waals surface area contributed by atoms with Crippen molar-refractivity contribution >= 4 is 65.6 Å². The molecule has 6 nitrogen and oxygen atoms in total. The third-order valence-corrected chi connectivity index (χ3v) is 13.6. The molecular formula is C63H39N5O. The van der Waals surface area contributed by atoms with Crippen LogP contribution in [-0.4, -0.2) is 24.1 Å². The lowest BCUT2D eigenvalue weighted by Crippen LogP contribution is -2.00. The number of furan rings is 1. The zero-order valence-electron chi connectivity index (χ0n) is 37.2. The average molecular weight is 882 g/mol. The summed E-state index contributed by atoms with van der Waals surface area (Å²) in [5, 5.41) is 6.86. The number of para-hydroxylation sites is 2. The van der Waals surface area contributed by atoms with Gasteiger partial charge in [-0.2, -0.15) is 0 Å². The molecule has 4 aromatic heterocycles. The molecular weight excluding hydrogens is 843 g/mol. The van der Waals surface area contributed by atoms with Crippen LogP contribution in [0.3, 0.4) is 0 Å². The average Bonchev–Trinajstić information content (AvgIpc) is 4.08.